The summed E-state index contributed by atoms with van der Waals surface area (Å²) in [6.07, 6.45) is 9.10. The van der Waals surface area contributed by atoms with Crippen LogP contribution in [-0.4, -0.2) is 90.3 Å². The number of benzene rings is 1. The summed E-state index contributed by atoms with van der Waals surface area (Å²) in [6, 6.07) is 3.66. The number of aromatic nitrogens is 1. The van der Waals surface area contributed by atoms with Crippen LogP contribution in [0.3, 0.4) is 0 Å². The van der Waals surface area contributed by atoms with Crippen molar-refractivity contribution in [3.05, 3.63) is 36.0 Å². The van der Waals surface area contributed by atoms with Gasteiger partial charge in [-0.1, -0.05) is 25.1 Å². The highest BCUT2D eigenvalue weighted by molar-refractivity contribution is 7.98. The van der Waals surface area contributed by atoms with E-state index in [0.29, 0.717) is 77.4 Å². The molecule has 5 atom stereocenters. The van der Waals surface area contributed by atoms with E-state index in [-0.39, 0.29) is 24.7 Å². The molecule has 5 unspecified atom stereocenters. The van der Waals surface area contributed by atoms with Crippen molar-refractivity contribution >= 4 is 52.2 Å². The molecule has 5 amide bonds. The lowest BCUT2D eigenvalue weighted by Crippen LogP contribution is -2.58. The summed E-state index contributed by atoms with van der Waals surface area (Å²) in [5.74, 6) is -2.07. The molecule has 0 bridgehead atoms. The molecule has 2 aromatic rings. The zero-order valence-electron chi connectivity index (χ0n) is 29.6. The third kappa shape index (κ3) is 14.7. The number of nitrogens with two attached hydrogens (primary N) is 4. The Balaban J connectivity index is 2.38. The van der Waals surface area contributed by atoms with E-state index >= 15 is 0 Å². The van der Waals surface area contributed by atoms with Crippen LogP contribution in [0.15, 0.2) is 30.5 Å². The monoisotopic (exact) mass is 717 g/mol. The molecule has 0 aliphatic rings. The van der Waals surface area contributed by atoms with Gasteiger partial charge >= 0.3 is 0 Å². The molecule has 1 aromatic heterocycles. The minimum atomic E-state index is -1.11. The Hall–Kier alpha value is -3.66. The second-order valence-electron chi connectivity index (χ2n) is 12.7. The maximum absolute atomic E-state index is 14.1. The van der Waals surface area contributed by atoms with Crippen molar-refractivity contribution < 1.29 is 24.0 Å². The molecule has 15 heteroatoms. The van der Waals surface area contributed by atoms with E-state index in [1.165, 1.54) is 0 Å². The molecule has 0 saturated heterocycles. The number of carbonyl (C=O) groups is 5. The fourth-order valence-electron chi connectivity index (χ4n) is 5.59. The normalized spacial score (nSPS) is 14.3. The van der Waals surface area contributed by atoms with E-state index in [9.17, 15) is 24.0 Å². The lowest BCUT2D eigenvalue weighted by Gasteiger charge is -2.27. The van der Waals surface area contributed by atoms with Crippen LogP contribution in [0, 0.1) is 5.92 Å². The number of para-hydroxylation sites is 1. The number of unbranched alkanes of at least 4 members (excludes halogenated alkanes) is 3. The van der Waals surface area contributed by atoms with Crippen LogP contribution < -0.4 is 44.2 Å². The number of aromatic amines is 1. The molecule has 13 N–H and O–H groups in total. The van der Waals surface area contributed by atoms with Gasteiger partial charge in [0.15, 0.2) is 0 Å². The smallest absolute Gasteiger partial charge is 0.243 e. The molecule has 1 aromatic carbocycles. The summed E-state index contributed by atoms with van der Waals surface area (Å²) < 4.78 is 0. The summed E-state index contributed by atoms with van der Waals surface area (Å²) >= 11 is 1.64. The van der Waals surface area contributed by atoms with Crippen LogP contribution in [0.5, 0.6) is 0 Å². The molecule has 0 spiro atoms. The van der Waals surface area contributed by atoms with Crippen LogP contribution in [-0.2, 0) is 30.4 Å². The van der Waals surface area contributed by atoms with Gasteiger partial charge in [0.25, 0.3) is 0 Å². The highest BCUT2D eigenvalue weighted by Gasteiger charge is 2.32. The van der Waals surface area contributed by atoms with Gasteiger partial charge in [-0.2, -0.15) is 11.8 Å². The molecule has 0 radical (unpaired) electrons. The highest BCUT2D eigenvalue weighted by Crippen LogP contribution is 2.20. The Labute approximate surface area is 300 Å². The van der Waals surface area contributed by atoms with Gasteiger partial charge in [0, 0.05) is 29.4 Å². The van der Waals surface area contributed by atoms with E-state index in [4.69, 9.17) is 22.9 Å². The topological polar surface area (TPSA) is 253 Å². The quantitative estimate of drug-likeness (QED) is 0.0626. The average Bonchev–Trinajstić information content (AvgIpc) is 3.51. The third-order valence-electron chi connectivity index (χ3n) is 8.70. The lowest BCUT2D eigenvalue weighted by atomic mass is 10.0. The maximum atomic E-state index is 14.1. The van der Waals surface area contributed by atoms with Crippen molar-refractivity contribution in [3.8, 4) is 0 Å². The van der Waals surface area contributed by atoms with Crippen molar-refractivity contribution in [2.75, 3.05) is 31.6 Å². The molecule has 2 rings (SSSR count). The van der Waals surface area contributed by atoms with Gasteiger partial charge in [0.1, 0.15) is 24.2 Å². The fourth-order valence-corrected chi connectivity index (χ4v) is 6.18. The second kappa shape index (κ2) is 23.7. The zero-order valence-corrected chi connectivity index (χ0v) is 30.5. The first-order valence-electron chi connectivity index (χ1n) is 17.7. The largest absolute Gasteiger partial charge is 0.368 e. The average molecular weight is 718 g/mol. The molecule has 0 aliphatic heterocycles. The van der Waals surface area contributed by atoms with Crippen LogP contribution in [0.4, 0.5) is 0 Å². The van der Waals surface area contributed by atoms with Crippen molar-refractivity contribution in [3.63, 3.8) is 0 Å². The molecule has 280 valence electrons. The summed E-state index contributed by atoms with van der Waals surface area (Å²) in [6.45, 7) is 3.10. The predicted octanol–water partition coefficient (Wildman–Crippen LogP) is 0.911. The van der Waals surface area contributed by atoms with Gasteiger partial charge < -0.3 is 49.2 Å². The molecule has 1 heterocycles. The van der Waals surface area contributed by atoms with Crippen molar-refractivity contribution in [1.82, 2.24) is 26.3 Å². The number of hydrogen-bond acceptors (Lipinski definition) is 9. The number of primary amides is 1. The number of thioether (sulfide) groups is 1. The van der Waals surface area contributed by atoms with E-state index in [2.05, 4.69) is 26.3 Å². The van der Waals surface area contributed by atoms with Gasteiger partial charge in [0.05, 0.1) is 0 Å². The first-order chi connectivity index (χ1) is 24.1. The van der Waals surface area contributed by atoms with Gasteiger partial charge in [-0.25, -0.2) is 0 Å². The summed E-state index contributed by atoms with van der Waals surface area (Å²) in [5.41, 5.74) is 24.2. The van der Waals surface area contributed by atoms with E-state index in [0.717, 1.165) is 22.2 Å². The van der Waals surface area contributed by atoms with Crippen molar-refractivity contribution in [2.24, 2.45) is 28.9 Å². The van der Waals surface area contributed by atoms with Crippen LogP contribution in [0.2, 0.25) is 0 Å². The molecular weight excluding hydrogens is 659 g/mol. The Morgan fingerprint density at radius 3 is 1.70 bits per heavy atom. The summed E-state index contributed by atoms with van der Waals surface area (Å²) in [7, 11) is 0. The van der Waals surface area contributed by atoms with E-state index in [1.807, 2.05) is 37.4 Å². The molecular formula is C35H59N9O5S. The molecule has 14 nitrogen and oxygen atoms in total. The lowest BCUT2D eigenvalue weighted by molar-refractivity contribution is -0.135. The number of hydrogen-bond donors (Lipinski definition) is 9. The number of nitrogens with one attached hydrogen (secondary N) is 5. The number of carbonyl (C=O) groups excluding carboxylic acids is 5. The van der Waals surface area contributed by atoms with Gasteiger partial charge in [-0.15, -0.1) is 0 Å². The molecule has 0 saturated carbocycles. The molecule has 0 aliphatic carbocycles. The number of H-pyrrole nitrogens is 1. The Bertz CT molecular complexity index is 1360. The fraction of sp³-hybridized carbons (Fsp3) is 0.629. The number of rotatable bonds is 26. The molecule has 50 heavy (non-hydrogen) atoms. The van der Waals surface area contributed by atoms with Gasteiger partial charge in [-0.05, 0) is 107 Å². The van der Waals surface area contributed by atoms with E-state index in [1.54, 1.807) is 18.0 Å². The molecule has 0 fully saturated rings. The highest BCUT2D eigenvalue weighted by atomic mass is 32.2. The van der Waals surface area contributed by atoms with Crippen LogP contribution in [0.1, 0.15) is 76.7 Å². The van der Waals surface area contributed by atoms with Crippen LogP contribution >= 0.6 is 11.8 Å². The van der Waals surface area contributed by atoms with Crippen molar-refractivity contribution in [1.29, 1.82) is 0 Å². The van der Waals surface area contributed by atoms with Crippen LogP contribution in [0.25, 0.3) is 10.9 Å². The number of fused-ring (bicyclic) bond motifs is 1. The SMILES string of the molecule is CSCCC(C)C(=O)NC(CCCCN)C(=O)NC(Cc1c[nH]c2ccccc12)C(=O)NC(CCCCN)C(=O)NC(CCCCN)C(N)=O. The second-order valence-corrected chi connectivity index (χ2v) is 13.7. The Kier molecular flexibility index (Phi) is 20.1. The summed E-state index contributed by atoms with van der Waals surface area (Å²) in [5, 5.41) is 12.2. The number of amides is 5. The maximum Gasteiger partial charge on any atom is 0.243 e. The minimum absolute atomic E-state index is 0.106. The van der Waals surface area contributed by atoms with Gasteiger partial charge in [0.2, 0.25) is 29.5 Å². The Morgan fingerprint density at radius 2 is 1.16 bits per heavy atom. The van der Waals surface area contributed by atoms with E-state index < -0.39 is 47.8 Å². The standard InChI is InChI=1S/C35H59N9O5S/c1-23(16-20-50-2)32(46)42-28(14-6-9-18-37)34(48)44-30(21-24-22-40-26-12-4-3-11-25(24)26)35(49)43-29(15-7-10-19-38)33(47)41-27(31(39)45)13-5-8-17-36/h3-4,11-12,22-23,27-30,40H,5-10,13-21,36-38H2,1-2H3,(H2,39,45)(H,41,47)(H,42,46)(H,43,49)(H,44,48). The zero-order chi connectivity index (χ0) is 36.9. The first kappa shape index (κ1) is 42.5. The van der Waals surface area contributed by atoms with Crippen molar-refractivity contribution in [2.45, 2.75) is 102 Å². The predicted molar refractivity (Wildman–Crippen MR) is 200 cm³/mol. The van der Waals surface area contributed by atoms with Gasteiger partial charge in [-0.3, -0.25) is 24.0 Å². The third-order valence-corrected chi connectivity index (χ3v) is 9.35. The Morgan fingerprint density at radius 1 is 0.680 bits per heavy atom. The first-order valence-corrected chi connectivity index (χ1v) is 19.1. The summed E-state index contributed by atoms with van der Waals surface area (Å²) in [4.78, 5) is 70.0. The minimum Gasteiger partial charge on any atom is -0.368 e.